The molecule has 0 saturated heterocycles. The highest BCUT2D eigenvalue weighted by Crippen LogP contribution is 2.09. The van der Waals surface area contributed by atoms with Crippen LogP contribution in [0.15, 0.2) is 34.7 Å². The van der Waals surface area contributed by atoms with E-state index in [1.54, 1.807) is 0 Å². The maximum atomic E-state index is 12.6. The molecule has 1 aromatic rings. The SMILES string of the molecule is CCCCN=S(=O)(CCN)Cc1ccccc1. The predicted molar refractivity (Wildman–Crippen MR) is 74.4 cm³/mol. The van der Waals surface area contributed by atoms with Crippen LogP contribution in [0, 0.1) is 0 Å². The molecule has 1 unspecified atom stereocenters. The van der Waals surface area contributed by atoms with Gasteiger partial charge in [-0.3, -0.25) is 0 Å². The summed E-state index contributed by atoms with van der Waals surface area (Å²) in [6.07, 6.45) is 2.07. The smallest absolute Gasteiger partial charge is 0.0568 e. The molecule has 1 rings (SSSR count). The number of nitrogens with two attached hydrogens (primary N) is 1. The Labute approximate surface area is 105 Å². The zero-order valence-corrected chi connectivity index (χ0v) is 11.3. The van der Waals surface area contributed by atoms with Gasteiger partial charge in [-0.1, -0.05) is 43.7 Å². The molecule has 0 radical (unpaired) electrons. The van der Waals surface area contributed by atoms with Crippen LogP contribution in [-0.2, 0) is 15.5 Å². The lowest BCUT2D eigenvalue weighted by atomic mass is 10.2. The maximum absolute atomic E-state index is 12.6. The lowest BCUT2D eigenvalue weighted by molar-refractivity contribution is 0.671. The molecule has 0 saturated carbocycles. The minimum atomic E-state index is -2.16. The van der Waals surface area contributed by atoms with E-state index >= 15 is 0 Å². The van der Waals surface area contributed by atoms with E-state index in [0.717, 1.165) is 18.4 Å². The fourth-order valence-corrected chi connectivity index (χ4v) is 3.50. The van der Waals surface area contributed by atoms with E-state index < -0.39 is 9.73 Å². The van der Waals surface area contributed by atoms with Crippen LogP contribution in [0.3, 0.4) is 0 Å². The van der Waals surface area contributed by atoms with Crippen LogP contribution < -0.4 is 5.73 Å². The molecule has 0 aliphatic heterocycles. The first-order valence-electron chi connectivity index (χ1n) is 6.12. The fraction of sp³-hybridized carbons (Fsp3) is 0.538. The highest BCUT2D eigenvalue weighted by Gasteiger charge is 2.08. The van der Waals surface area contributed by atoms with E-state index in [1.807, 2.05) is 30.3 Å². The Morgan fingerprint density at radius 3 is 2.59 bits per heavy atom. The third kappa shape index (κ3) is 5.33. The Morgan fingerprint density at radius 1 is 1.29 bits per heavy atom. The van der Waals surface area contributed by atoms with Crippen molar-refractivity contribution in [1.82, 2.24) is 0 Å². The zero-order chi connectivity index (χ0) is 12.6. The minimum Gasteiger partial charge on any atom is -0.330 e. The lowest BCUT2D eigenvalue weighted by Gasteiger charge is -2.09. The predicted octanol–water partition coefficient (Wildman–Crippen LogP) is 2.41. The molecule has 0 aliphatic carbocycles. The maximum Gasteiger partial charge on any atom is 0.0568 e. The van der Waals surface area contributed by atoms with Crippen molar-refractivity contribution in [3.05, 3.63) is 35.9 Å². The second kappa shape index (κ2) is 7.45. The summed E-state index contributed by atoms with van der Waals surface area (Å²) in [6.45, 7) is 3.22. The van der Waals surface area contributed by atoms with Gasteiger partial charge in [0, 0.05) is 18.8 Å². The molecule has 4 heteroatoms. The lowest BCUT2D eigenvalue weighted by Crippen LogP contribution is -2.17. The van der Waals surface area contributed by atoms with Crippen LogP contribution in [-0.4, -0.2) is 23.1 Å². The molecule has 2 N–H and O–H groups in total. The summed E-state index contributed by atoms with van der Waals surface area (Å²) >= 11 is 0. The summed E-state index contributed by atoms with van der Waals surface area (Å²) in [4.78, 5) is 0. The van der Waals surface area contributed by atoms with Gasteiger partial charge in [0.05, 0.1) is 15.5 Å². The van der Waals surface area contributed by atoms with Crippen molar-refractivity contribution in [2.24, 2.45) is 10.1 Å². The molecule has 0 spiro atoms. The average Bonchev–Trinajstić information content (AvgIpc) is 2.31. The first-order valence-corrected chi connectivity index (χ1v) is 7.98. The molecule has 0 aliphatic rings. The van der Waals surface area contributed by atoms with Gasteiger partial charge in [-0.15, -0.1) is 0 Å². The highest BCUT2D eigenvalue weighted by atomic mass is 32.2. The topological polar surface area (TPSA) is 55.5 Å². The highest BCUT2D eigenvalue weighted by molar-refractivity contribution is 7.92. The van der Waals surface area contributed by atoms with E-state index in [4.69, 9.17) is 5.73 Å². The van der Waals surface area contributed by atoms with Crippen LogP contribution in [0.2, 0.25) is 0 Å². The van der Waals surface area contributed by atoms with E-state index in [1.165, 1.54) is 0 Å². The molecular formula is C13H22N2OS. The van der Waals surface area contributed by atoms with E-state index in [9.17, 15) is 4.21 Å². The summed E-state index contributed by atoms with van der Waals surface area (Å²) in [6, 6.07) is 9.87. The molecule has 1 aromatic carbocycles. The number of benzene rings is 1. The molecular weight excluding hydrogens is 232 g/mol. The summed E-state index contributed by atoms with van der Waals surface area (Å²) < 4.78 is 17.0. The van der Waals surface area contributed by atoms with Gasteiger partial charge in [0.25, 0.3) is 0 Å². The first kappa shape index (κ1) is 14.2. The Balaban J connectivity index is 2.78. The molecule has 0 fully saturated rings. The summed E-state index contributed by atoms with van der Waals surface area (Å²) in [5.74, 6) is 1.01. The molecule has 0 heterocycles. The molecule has 96 valence electrons. The van der Waals surface area contributed by atoms with Crippen molar-refractivity contribution in [3.63, 3.8) is 0 Å². The monoisotopic (exact) mass is 254 g/mol. The van der Waals surface area contributed by atoms with Crippen molar-refractivity contribution in [1.29, 1.82) is 0 Å². The van der Waals surface area contributed by atoms with Crippen LogP contribution in [0.5, 0.6) is 0 Å². The van der Waals surface area contributed by atoms with E-state index in [-0.39, 0.29) is 0 Å². The van der Waals surface area contributed by atoms with Gasteiger partial charge in [-0.2, -0.15) is 0 Å². The van der Waals surface area contributed by atoms with Crippen molar-refractivity contribution in [2.45, 2.75) is 25.5 Å². The zero-order valence-electron chi connectivity index (χ0n) is 10.5. The first-order chi connectivity index (χ1) is 8.20. The van der Waals surface area contributed by atoms with Gasteiger partial charge in [-0.05, 0) is 12.0 Å². The minimum absolute atomic E-state index is 0.432. The molecule has 1 atom stereocenters. The number of hydrogen-bond donors (Lipinski definition) is 1. The van der Waals surface area contributed by atoms with Crippen molar-refractivity contribution in [2.75, 3.05) is 18.8 Å². The van der Waals surface area contributed by atoms with Gasteiger partial charge in [0.2, 0.25) is 0 Å². The Kier molecular flexibility index (Phi) is 6.22. The Morgan fingerprint density at radius 2 is 2.00 bits per heavy atom. The Hall–Kier alpha value is -0.870. The van der Waals surface area contributed by atoms with Gasteiger partial charge in [0.15, 0.2) is 0 Å². The van der Waals surface area contributed by atoms with Gasteiger partial charge in [0.1, 0.15) is 0 Å². The number of nitrogens with zero attached hydrogens (tertiary/aromatic N) is 1. The summed E-state index contributed by atoms with van der Waals surface area (Å²) in [5.41, 5.74) is 6.61. The van der Waals surface area contributed by atoms with Crippen molar-refractivity contribution in [3.8, 4) is 0 Å². The van der Waals surface area contributed by atoms with Crippen molar-refractivity contribution >= 4 is 9.73 Å². The normalized spacial score (nSPS) is 14.2. The molecule has 0 bridgehead atoms. The van der Waals surface area contributed by atoms with Crippen molar-refractivity contribution < 1.29 is 4.21 Å². The quantitative estimate of drug-likeness (QED) is 0.760. The van der Waals surface area contributed by atoms with E-state index in [2.05, 4.69) is 11.3 Å². The second-order valence-corrected chi connectivity index (χ2v) is 6.60. The van der Waals surface area contributed by atoms with Crippen LogP contribution in [0.4, 0.5) is 0 Å². The van der Waals surface area contributed by atoms with E-state index in [0.29, 0.717) is 24.6 Å². The Bertz CT molecular complexity index is 422. The van der Waals surface area contributed by atoms with Gasteiger partial charge in [-0.25, -0.2) is 8.57 Å². The third-order valence-electron chi connectivity index (χ3n) is 2.51. The summed E-state index contributed by atoms with van der Waals surface area (Å²) in [5, 5.41) is 0. The number of rotatable bonds is 7. The average molecular weight is 254 g/mol. The van der Waals surface area contributed by atoms with Crippen LogP contribution in [0.25, 0.3) is 0 Å². The van der Waals surface area contributed by atoms with Gasteiger partial charge >= 0.3 is 0 Å². The molecule has 17 heavy (non-hydrogen) atoms. The van der Waals surface area contributed by atoms with Crippen LogP contribution >= 0.6 is 0 Å². The third-order valence-corrected chi connectivity index (χ3v) is 4.82. The van der Waals surface area contributed by atoms with Gasteiger partial charge < -0.3 is 5.73 Å². The molecule has 0 aromatic heterocycles. The second-order valence-electron chi connectivity index (χ2n) is 4.10. The summed E-state index contributed by atoms with van der Waals surface area (Å²) in [7, 11) is -2.16. The largest absolute Gasteiger partial charge is 0.330 e. The standard InChI is InChI=1S/C13H22N2OS/c1-2-3-10-15-17(16,11-9-14)12-13-7-5-4-6-8-13/h4-8H,2-3,9-12,14H2,1H3. The van der Waals surface area contributed by atoms with Crippen LogP contribution in [0.1, 0.15) is 25.3 Å². The number of unbranched alkanes of at least 4 members (excludes halogenated alkanes) is 1. The number of hydrogen-bond acceptors (Lipinski definition) is 3. The molecule has 0 amide bonds. The molecule has 3 nitrogen and oxygen atoms in total. The fourth-order valence-electron chi connectivity index (χ4n) is 1.59.